The quantitative estimate of drug-likeness (QED) is 0.845. The van der Waals surface area contributed by atoms with E-state index >= 15 is 0 Å². The topological polar surface area (TPSA) is 32.3 Å². The molecular weight excluding hydrogens is 258 g/mol. The second-order valence-corrected chi connectivity index (χ2v) is 6.21. The fourth-order valence-electron chi connectivity index (χ4n) is 2.34. The molecule has 0 fully saturated rings. The third-order valence-corrected chi connectivity index (χ3v) is 3.85. The van der Waals surface area contributed by atoms with E-state index in [1.807, 2.05) is 25.1 Å². The summed E-state index contributed by atoms with van der Waals surface area (Å²) in [5.74, 6) is 0.555. The SMILES string of the molecule is CC(C)CNC(C)(CO)c1ccc(-c2ccccc2)cc1. The van der Waals surface area contributed by atoms with Crippen molar-refractivity contribution in [2.45, 2.75) is 26.3 Å². The highest BCUT2D eigenvalue weighted by atomic mass is 16.3. The molecular formula is C19H25NO. The van der Waals surface area contributed by atoms with Gasteiger partial charge in [-0.3, -0.25) is 0 Å². The average Bonchev–Trinajstić information content (AvgIpc) is 2.53. The van der Waals surface area contributed by atoms with Crippen molar-refractivity contribution in [1.82, 2.24) is 5.32 Å². The van der Waals surface area contributed by atoms with Crippen LogP contribution in [0.3, 0.4) is 0 Å². The van der Waals surface area contributed by atoms with E-state index in [9.17, 15) is 5.11 Å². The highest BCUT2D eigenvalue weighted by Crippen LogP contribution is 2.25. The molecule has 0 aliphatic heterocycles. The molecule has 0 spiro atoms. The summed E-state index contributed by atoms with van der Waals surface area (Å²) in [5, 5.41) is 13.2. The van der Waals surface area contributed by atoms with E-state index in [-0.39, 0.29) is 12.1 Å². The Morgan fingerprint density at radius 3 is 2.05 bits per heavy atom. The van der Waals surface area contributed by atoms with E-state index in [4.69, 9.17) is 0 Å². The van der Waals surface area contributed by atoms with Crippen molar-refractivity contribution in [2.24, 2.45) is 5.92 Å². The van der Waals surface area contributed by atoms with Crippen molar-refractivity contribution >= 4 is 0 Å². The Hall–Kier alpha value is -1.64. The number of nitrogens with one attached hydrogen (secondary N) is 1. The number of benzene rings is 2. The lowest BCUT2D eigenvalue weighted by Crippen LogP contribution is -2.44. The summed E-state index contributed by atoms with van der Waals surface area (Å²) >= 11 is 0. The summed E-state index contributed by atoms with van der Waals surface area (Å²) < 4.78 is 0. The molecule has 2 heteroatoms. The van der Waals surface area contributed by atoms with Crippen LogP contribution in [0.15, 0.2) is 54.6 Å². The van der Waals surface area contributed by atoms with Crippen LogP contribution in [0, 0.1) is 5.92 Å². The van der Waals surface area contributed by atoms with E-state index in [1.165, 1.54) is 11.1 Å². The van der Waals surface area contributed by atoms with Gasteiger partial charge in [-0.1, -0.05) is 68.4 Å². The fourth-order valence-corrected chi connectivity index (χ4v) is 2.34. The molecule has 2 N–H and O–H groups in total. The van der Waals surface area contributed by atoms with Gasteiger partial charge in [-0.25, -0.2) is 0 Å². The molecule has 0 aliphatic rings. The number of hydrogen-bond acceptors (Lipinski definition) is 2. The second kappa shape index (κ2) is 6.88. The van der Waals surface area contributed by atoms with Crippen LogP contribution < -0.4 is 5.32 Å². The van der Waals surface area contributed by atoms with Crippen molar-refractivity contribution in [2.75, 3.05) is 13.2 Å². The van der Waals surface area contributed by atoms with Gasteiger partial charge in [-0.05, 0) is 36.1 Å². The maximum atomic E-state index is 9.78. The minimum absolute atomic E-state index is 0.0877. The first kappa shape index (κ1) is 15.7. The first-order chi connectivity index (χ1) is 10.0. The van der Waals surface area contributed by atoms with Crippen LogP contribution in [0.5, 0.6) is 0 Å². The Balaban J connectivity index is 2.20. The molecule has 2 rings (SSSR count). The van der Waals surface area contributed by atoms with Crippen molar-refractivity contribution in [3.05, 3.63) is 60.2 Å². The number of rotatable bonds is 6. The summed E-state index contributed by atoms with van der Waals surface area (Å²) in [6.07, 6.45) is 0. The van der Waals surface area contributed by atoms with Gasteiger partial charge >= 0.3 is 0 Å². The molecule has 0 aromatic heterocycles. The molecule has 0 saturated carbocycles. The Kier molecular flexibility index (Phi) is 5.16. The zero-order valence-corrected chi connectivity index (χ0v) is 13.1. The third kappa shape index (κ3) is 3.93. The summed E-state index contributed by atoms with van der Waals surface area (Å²) in [5.41, 5.74) is 3.14. The molecule has 112 valence electrons. The second-order valence-electron chi connectivity index (χ2n) is 6.21. The zero-order chi connectivity index (χ0) is 15.3. The van der Waals surface area contributed by atoms with Gasteiger partial charge in [-0.2, -0.15) is 0 Å². The molecule has 2 nitrogen and oxygen atoms in total. The normalized spacial score (nSPS) is 14.1. The van der Waals surface area contributed by atoms with Crippen LogP contribution in [-0.2, 0) is 5.54 Å². The number of aliphatic hydroxyl groups is 1. The summed E-state index contributed by atoms with van der Waals surface area (Å²) in [4.78, 5) is 0. The van der Waals surface area contributed by atoms with Gasteiger partial charge in [0.15, 0.2) is 0 Å². The molecule has 21 heavy (non-hydrogen) atoms. The first-order valence-corrected chi connectivity index (χ1v) is 7.57. The highest BCUT2D eigenvalue weighted by molar-refractivity contribution is 5.63. The van der Waals surface area contributed by atoms with Crippen LogP contribution in [0.4, 0.5) is 0 Å². The van der Waals surface area contributed by atoms with Crippen molar-refractivity contribution in [3.63, 3.8) is 0 Å². The van der Waals surface area contributed by atoms with Crippen LogP contribution in [0.25, 0.3) is 11.1 Å². The van der Waals surface area contributed by atoms with Gasteiger partial charge in [0.25, 0.3) is 0 Å². The number of aliphatic hydroxyl groups excluding tert-OH is 1. The van der Waals surface area contributed by atoms with E-state index in [2.05, 4.69) is 55.6 Å². The van der Waals surface area contributed by atoms with Gasteiger partial charge in [0.2, 0.25) is 0 Å². The van der Waals surface area contributed by atoms with Crippen LogP contribution in [0.2, 0.25) is 0 Å². The van der Waals surface area contributed by atoms with E-state index in [1.54, 1.807) is 0 Å². The monoisotopic (exact) mass is 283 g/mol. The van der Waals surface area contributed by atoms with Crippen molar-refractivity contribution in [1.29, 1.82) is 0 Å². The average molecular weight is 283 g/mol. The largest absolute Gasteiger partial charge is 0.394 e. The van der Waals surface area contributed by atoms with Crippen molar-refractivity contribution < 1.29 is 5.11 Å². The summed E-state index contributed by atoms with van der Waals surface area (Å²) in [7, 11) is 0. The first-order valence-electron chi connectivity index (χ1n) is 7.57. The van der Waals surface area contributed by atoms with Gasteiger partial charge in [0, 0.05) is 0 Å². The minimum atomic E-state index is -0.389. The fraction of sp³-hybridized carbons (Fsp3) is 0.368. The van der Waals surface area contributed by atoms with Gasteiger partial charge in [-0.15, -0.1) is 0 Å². The highest BCUT2D eigenvalue weighted by Gasteiger charge is 2.25. The van der Waals surface area contributed by atoms with Gasteiger partial charge in [0.05, 0.1) is 12.1 Å². The Bertz CT molecular complexity index is 548. The zero-order valence-electron chi connectivity index (χ0n) is 13.1. The Morgan fingerprint density at radius 2 is 1.52 bits per heavy atom. The number of hydrogen-bond donors (Lipinski definition) is 2. The predicted molar refractivity (Wildman–Crippen MR) is 89.2 cm³/mol. The van der Waals surface area contributed by atoms with Gasteiger partial charge in [0.1, 0.15) is 0 Å². The summed E-state index contributed by atoms with van der Waals surface area (Å²) in [6, 6.07) is 18.8. The van der Waals surface area contributed by atoms with E-state index in [0.29, 0.717) is 5.92 Å². The van der Waals surface area contributed by atoms with E-state index in [0.717, 1.165) is 12.1 Å². The van der Waals surface area contributed by atoms with Crippen LogP contribution in [0.1, 0.15) is 26.3 Å². The molecule has 0 amide bonds. The lowest BCUT2D eigenvalue weighted by molar-refractivity contribution is 0.171. The lowest BCUT2D eigenvalue weighted by atomic mass is 9.90. The minimum Gasteiger partial charge on any atom is -0.394 e. The molecule has 1 unspecified atom stereocenters. The molecule has 0 radical (unpaired) electrons. The Labute approximate surface area is 127 Å². The van der Waals surface area contributed by atoms with E-state index < -0.39 is 0 Å². The third-order valence-electron chi connectivity index (χ3n) is 3.85. The van der Waals surface area contributed by atoms with Crippen molar-refractivity contribution in [3.8, 4) is 11.1 Å². The lowest BCUT2D eigenvalue weighted by Gasteiger charge is -2.30. The molecule has 2 aromatic rings. The molecule has 0 bridgehead atoms. The Morgan fingerprint density at radius 1 is 0.952 bits per heavy atom. The van der Waals surface area contributed by atoms with Crippen LogP contribution >= 0.6 is 0 Å². The molecule has 0 saturated heterocycles. The molecule has 2 aromatic carbocycles. The maximum Gasteiger partial charge on any atom is 0.0652 e. The van der Waals surface area contributed by atoms with Crippen LogP contribution in [-0.4, -0.2) is 18.3 Å². The predicted octanol–water partition coefficient (Wildman–Crippen LogP) is 3.81. The maximum absolute atomic E-state index is 9.78. The standard InChI is InChI=1S/C19H25NO/c1-15(2)13-20-19(3,14-21)18-11-9-17(10-12-18)16-7-5-4-6-8-16/h4-12,15,20-21H,13-14H2,1-3H3. The molecule has 0 aliphatic carbocycles. The summed E-state index contributed by atoms with van der Waals surface area (Å²) in [6.45, 7) is 7.36. The molecule has 1 atom stereocenters. The smallest absolute Gasteiger partial charge is 0.0652 e. The molecule has 0 heterocycles. The van der Waals surface area contributed by atoms with Gasteiger partial charge < -0.3 is 10.4 Å².